The summed E-state index contributed by atoms with van der Waals surface area (Å²) in [6, 6.07) is 4.07. The van der Waals surface area contributed by atoms with Gasteiger partial charge in [0.1, 0.15) is 6.04 Å². The van der Waals surface area contributed by atoms with Gasteiger partial charge in [0.2, 0.25) is 0 Å². The van der Waals surface area contributed by atoms with Gasteiger partial charge in [-0.1, -0.05) is 32.9 Å². The third-order valence-corrected chi connectivity index (χ3v) is 4.42. The average Bonchev–Trinajstić information content (AvgIpc) is 3.14. The Morgan fingerprint density at radius 3 is 2.19 bits per heavy atom. The number of benzene rings is 1. The molecule has 1 fully saturated rings. The van der Waals surface area contributed by atoms with Crippen molar-refractivity contribution in [3.63, 3.8) is 0 Å². The molecule has 0 amide bonds. The predicted molar refractivity (Wildman–Crippen MR) is 85.6 cm³/mol. The zero-order valence-corrected chi connectivity index (χ0v) is 13.8. The molecule has 1 unspecified atom stereocenters. The van der Waals surface area contributed by atoms with E-state index in [1.165, 1.54) is 22.3 Å². The monoisotopic (exact) mass is 289 g/mol. The Balaban J connectivity index is 2.15. The summed E-state index contributed by atoms with van der Waals surface area (Å²) in [7, 11) is 0. The number of aryl methyl sites for hydroxylation is 2. The van der Waals surface area contributed by atoms with Gasteiger partial charge in [0.05, 0.1) is 0 Å². The lowest BCUT2D eigenvalue weighted by atomic mass is 9.84. The quantitative estimate of drug-likeness (QED) is 0.871. The van der Waals surface area contributed by atoms with Crippen LogP contribution in [0, 0.1) is 19.8 Å². The Morgan fingerprint density at radius 2 is 1.81 bits per heavy atom. The second-order valence-electron chi connectivity index (χ2n) is 7.37. The highest BCUT2D eigenvalue weighted by atomic mass is 16.4. The Labute approximate surface area is 127 Å². The molecule has 0 radical (unpaired) electrons. The van der Waals surface area contributed by atoms with Gasteiger partial charge in [-0.25, -0.2) is 0 Å². The number of nitrogens with one attached hydrogen (secondary N) is 1. The molecule has 0 bridgehead atoms. The molecule has 1 aliphatic carbocycles. The zero-order chi connectivity index (χ0) is 15.8. The lowest BCUT2D eigenvalue weighted by Crippen LogP contribution is -2.38. The summed E-state index contributed by atoms with van der Waals surface area (Å²) in [6.07, 6.45) is 2.07. The summed E-state index contributed by atoms with van der Waals surface area (Å²) < 4.78 is 0. The van der Waals surface area contributed by atoms with Crippen LogP contribution in [0.1, 0.15) is 55.9 Å². The zero-order valence-electron chi connectivity index (χ0n) is 13.8. The minimum Gasteiger partial charge on any atom is -0.480 e. The van der Waals surface area contributed by atoms with E-state index < -0.39 is 12.0 Å². The van der Waals surface area contributed by atoms with E-state index in [2.05, 4.69) is 52.1 Å². The first-order valence-corrected chi connectivity index (χ1v) is 7.77. The summed E-state index contributed by atoms with van der Waals surface area (Å²) in [5, 5.41) is 12.5. The van der Waals surface area contributed by atoms with Crippen LogP contribution < -0.4 is 5.32 Å². The van der Waals surface area contributed by atoms with Crippen LogP contribution in [0.25, 0.3) is 0 Å². The van der Waals surface area contributed by atoms with E-state index in [4.69, 9.17) is 0 Å². The summed E-state index contributed by atoms with van der Waals surface area (Å²) in [5.74, 6) is -0.406. The van der Waals surface area contributed by atoms with Crippen LogP contribution in [0.2, 0.25) is 0 Å². The minimum atomic E-state index is -0.723. The Kier molecular flexibility index (Phi) is 4.43. The number of rotatable bonds is 5. The molecule has 2 N–H and O–H groups in total. The van der Waals surface area contributed by atoms with Gasteiger partial charge in [0, 0.05) is 6.54 Å². The van der Waals surface area contributed by atoms with Crippen LogP contribution in [0.5, 0.6) is 0 Å². The third-order valence-electron chi connectivity index (χ3n) is 4.42. The average molecular weight is 289 g/mol. The fraction of sp³-hybridized carbons (Fsp3) is 0.611. The van der Waals surface area contributed by atoms with Gasteiger partial charge >= 0.3 is 5.97 Å². The highest BCUT2D eigenvalue weighted by Gasteiger charge is 2.35. The lowest BCUT2D eigenvalue weighted by molar-refractivity contribution is -0.140. The van der Waals surface area contributed by atoms with Crippen molar-refractivity contribution in [2.45, 2.75) is 65.5 Å². The van der Waals surface area contributed by atoms with Gasteiger partial charge in [0.15, 0.2) is 0 Å². The van der Waals surface area contributed by atoms with Crippen LogP contribution in [0.3, 0.4) is 0 Å². The van der Waals surface area contributed by atoms with E-state index in [0.717, 1.165) is 12.8 Å². The lowest BCUT2D eigenvalue weighted by Gasteiger charge is -2.23. The van der Waals surface area contributed by atoms with Gasteiger partial charge in [-0.15, -0.1) is 0 Å². The molecule has 2 rings (SSSR count). The van der Waals surface area contributed by atoms with Crippen LogP contribution in [-0.2, 0) is 16.8 Å². The smallest absolute Gasteiger partial charge is 0.320 e. The standard InChI is InChI=1S/C18H27NO2/c1-11-8-14(18(3,4)5)9-12(2)15(11)10-19-16(17(20)21)13-6-7-13/h8-9,13,16,19H,6-7,10H2,1-5H3,(H,20,21). The SMILES string of the molecule is Cc1cc(C(C)(C)C)cc(C)c1CNC(C(=O)O)C1CC1. The van der Waals surface area contributed by atoms with Gasteiger partial charge in [0.25, 0.3) is 0 Å². The van der Waals surface area contributed by atoms with E-state index in [9.17, 15) is 9.90 Å². The van der Waals surface area contributed by atoms with Gasteiger partial charge in [-0.05, 0) is 60.3 Å². The first-order valence-electron chi connectivity index (χ1n) is 7.77. The van der Waals surface area contributed by atoms with Gasteiger partial charge in [-0.2, -0.15) is 0 Å². The third kappa shape index (κ3) is 3.85. The number of carboxylic acids is 1. The molecule has 1 saturated carbocycles. The van der Waals surface area contributed by atoms with E-state index in [0.29, 0.717) is 12.5 Å². The molecule has 21 heavy (non-hydrogen) atoms. The van der Waals surface area contributed by atoms with E-state index in [1.54, 1.807) is 0 Å². The Morgan fingerprint density at radius 1 is 1.29 bits per heavy atom. The minimum absolute atomic E-state index is 0.138. The molecule has 0 spiro atoms. The molecule has 0 aromatic heterocycles. The van der Waals surface area contributed by atoms with Crippen molar-refractivity contribution in [2.24, 2.45) is 5.92 Å². The second-order valence-corrected chi connectivity index (χ2v) is 7.37. The van der Waals surface area contributed by atoms with Crippen molar-refractivity contribution >= 4 is 5.97 Å². The van der Waals surface area contributed by atoms with Crippen molar-refractivity contribution in [3.8, 4) is 0 Å². The summed E-state index contributed by atoms with van der Waals surface area (Å²) >= 11 is 0. The molecular formula is C18H27NO2. The van der Waals surface area contributed by atoms with Crippen molar-refractivity contribution < 1.29 is 9.90 Å². The molecular weight excluding hydrogens is 262 g/mol. The highest BCUT2D eigenvalue weighted by Crippen LogP contribution is 2.33. The number of carbonyl (C=O) groups is 1. The van der Waals surface area contributed by atoms with Crippen LogP contribution in [-0.4, -0.2) is 17.1 Å². The summed E-state index contributed by atoms with van der Waals surface area (Å²) in [6.45, 7) is 11.5. The van der Waals surface area contributed by atoms with Gasteiger partial charge < -0.3 is 10.4 Å². The maximum Gasteiger partial charge on any atom is 0.320 e. The Hall–Kier alpha value is -1.35. The molecule has 1 aliphatic rings. The molecule has 1 aromatic carbocycles. The second kappa shape index (κ2) is 5.80. The summed E-state index contributed by atoms with van der Waals surface area (Å²) in [4.78, 5) is 11.3. The molecule has 0 aliphatic heterocycles. The fourth-order valence-corrected chi connectivity index (χ4v) is 2.80. The predicted octanol–water partition coefficient (Wildman–Crippen LogP) is 3.55. The van der Waals surface area contributed by atoms with Crippen molar-refractivity contribution in [2.75, 3.05) is 0 Å². The van der Waals surface area contributed by atoms with Crippen LogP contribution in [0.4, 0.5) is 0 Å². The maximum atomic E-state index is 11.3. The number of hydrogen-bond acceptors (Lipinski definition) is 2. The first-order chi connectivity index (χ1) is 9.70. The van der Waals surface area contributed by atoms with Crippen molar-refractivity contribution in [1.29, 1.82) is 0 Å². The molecule has 1 aromatic rings. The fourth-order valence-electron chi connectivity index (χ4n) is 2.80. The first kappa shape index (κ1) is 16.0. The molecule has 0 heterocycles. The topological polar surface area (TPSA) is 49.3 Å². The molecule has 1 atom stereocenters. The number of aliphatic carboxylic acids is 1. The maximum absolute atomic E-state index is 11.3. The number of carboxylic acid groups (broad SMARTS) is 1. The van der Waals surface area contributed by atoms with Crippen LogP contribution in [0.15, 0.2) is 12.1 Å². The van der Waals surface area contributed by atoms with Crippen LogP contribution >= 0.6 is 0 Å². The normalized spacial score (nSPS) is 16.8. The molecule has 116 valence electrons. The molecule has 0 saturated heterocycles. The van der Waals surface area contributed by atoms with Crippen molar-refractivity contribution in [3.05, 3.63) is 34.4 Å². The van der Waals surface area contributed by atoms with Gasteiger partial charge in [-0.3, -0.25) is 4.79 Å². The highest BCUT2D eigenvalue weighted by molar-refractivity contribution is 5.74. The molecule has 3 heteroatoms. The number of hydrogen-bond donors (Lipinski definition) is 2. The Bertz CT molecular complexity index is 516. The summed E-state index contributed by atoms with van der Waals surface area (Å²) in [5.41, 5.74) is 5.19. The van der Waals surface area contributed by atoms with E-state index in [-0.39, 0.29) is 5.41 Å². The van der Waals surface area contributed by atoms with E-state index in [1.807, 2.05) is 0 Å². The van der Waals surface area contributed by atoms with Crippen molar-refractivity contribution in [1.82, 2.24) is 5.32 Å². The largest absolute Gasteiger partial charge is 0.480 e. The van der Waals surface area contributed by atoms with E-state index >= 15 is 0 Å². The molecule has 3 nitrogen and oxygen atoms in total.